The van der Waals surface area contributed by atoms with Gasteiger partial charge in [-0.25, -0.2) is 0 Å². The van der Waals surface area contributed by atoms with Gasteiger partial charge in [-0.3, -0.25) is 14.2 Å². The Balaban J connectivity index is 1.72. The van der Waals surface area contributed by atoms with Crippen molar-refractivity contribution in [2.45, 2.75) is 39.7 Å². The Morgan fingerprint density at radius 1 is 1.15 bits per heavy atom. The summed E-state index contributed by atoms with van der Waals surface area (Å²) in [7, 11) is 1.83. The van der Waals surface area contributed by atoms with Crippen LogP contribution in [-0.2, 0) is 23.8 Å². The van der Waals surface area contributed by atoms with Gasteiger partial charge in [-0.2, -0.15) is 10.2 Å². The number of nitrogens with zero attached hydrogens (tertiary/aromatic N) is 4. The molecule has 0 bridgehead atoms. The van der Waals surface area contributed by atoms with Crippen molar-refractivity contribution in [1.82, 2.24) is 19.6 Å². The van der Waals surface area contributed by atoms with E-state index >= 15 is 0 Å². The van der Waals surface area contributed by atoms with Crippen molar-refractivity contribution >= 4 is 11.7 Å². The molecule has 0 atom stereocenters. The Morgan fingerprint density at radius 3 is 2.46 bits per heavy atom. The average molecular weight is 351 g/mol. The maximum atomic E-state index is 12.4. The summed E-state index contributed by atoms with van der Waals surface area (Å²) in [5, 5.41) is 12.0. The lowest BCUT2D eigenvalue weighted by Gasteiger charge is -2.13. The normalized spacial score (nSPS) is 11.6. The predicted molar refractivity (Wildman–Crippen MR) is 103 cm³/mol. The van der Waals surface area contributed by atoms with Gasteiger partial charge in [0.1, 0.15) is 12.4 Å². The fraction of sp³-hybridized carbons (Fsp3) is 0.350. The first-order valence-electron chi connectivity index (χ1n) is 8.68. The third-order valence-electron chi connectivity index (χ3n) is 4.21. The van der Waals surface area contributed by atoms with Gasteiger partial charge in [-0.05, 0) is 12.5 Å². The summed E-state index contributed by atoms with van der Waals surface area (Å²) in [4.78, 5) is 12.4. The van der Waals surface area contributed by atoms with Crippen molar-refractivity contribution in [2.24, 2.45) is 7.05 Å². The molecule has 0 saturated heterocycles. The summed E-state index contributed by atoms with van der Waals surface area (Å²) >= 11 is 0. The molecule has 1 amide bonds. The molecule has 6 nitrogen and oxygen atoms in total. The largest absolute Gasteiger partial charge is 0.309 e. The van der Waals surface area contributed by atoms with Crippen LogP contribution < -0.4 is 5.32 Å². The molecule has 3 rings (SSSR count). The summed E-state index contributed by atoms with van der Waals surface area (Å²) in [5.74, 6) is 0.558. The molecule has 0 aliphatic heterocycles. The maximum Gasteiger partial charge on any atom is 0.247 e. The highest BCUT2D eigenvalue weighted by atomic mass is 16.2. The Morgan fingerprint density at radius 2 is 1.85 bits per heavy atom. The molecule has 2 heterocycles. The molecule has 0 unspecified atom stereocenters. The fourth-order valence-corrected chi connectivity index (χ4v) is 2.76. The zero-order valence-corrected chi connectivity index (χ0v) is 15.9. The van der Waals surface area contributed by atoms with Crippen molar-refractivity contribution in [2.75, 3.05) is 5.32 Å². The van der Waals surface area contributed by atoms with Crippen LogP contribution in [0.5, 0.6) is 0 Å². The second kappa shape index (κ2) is 6.78. The van der Waals surface area contributed by atoms with Crippen LogP contribution in [0.4, 0.5) is 5.82 Å². The number of aromatic nitrogens is 4. The van der Waals surface area contributed by atoms with Crippen LogP contribution in [0, 0.1) is 6.92 Å². The number of rotatable bonds is 4. The van der Waals surface area contributed by atoms with Gasteiger partial charge < -0.3 is 5.32 Å². The number of hydrogen-bond donors (Lipinski definition) is 1. The summed E-state index contributed by atoms with van der Waals surface area (Å²) in [6.07, 6.45) is 1.89. The Bertz CT molecular complexity index is 916. The third kappa shape index (κ3) is 3.85. The third-order valence-corrected chi connectivity index (χ3v) is 4.21. The molecule has 2 aromatic heterocycles. The average Bonchev–Trinajstić information content (AvgIpc) is 3.11. The van der Waals surface area contributed by atoms with E-state index in [1.54, 1.807) is 9.36 Å². The first-order chi connectivity index (χ1) is 12.2. The number of aryl methyl sites for hydroxylation is 2. The Labute approximate surface area is 153 Å². The molecule has 0 spiro atoms. The van der Waals surface area contributed by atoms with Gasteiger partial charge in [0.05, 0.1) is 11.4 Å². The quantitative estimate of drug-likeness (QED) is 0.782. The number of carbonyl (C=O) groups excluding carboxylic acids is 1. The van der Waals surface area contributed by atoms with E-state index in [0.29, 0.717) is 5.82 Å². The van der Waals surface area contributed by atoms with Crippen molar-refractivity contribution in [3.63, 3.8) is 0 Å². The van der Waals surface area contributed by atoms with Crippen LogP contribution in [0.25, 0.3) is 11.3 Å². The van der Waals surface area contributed by atoms with Crippen molar-refractivity contribution in [1.29, 1.82) is 0 Å². The first kappa shape index (κ1) is 17.9. The molecule has 0 radical (unpaired) electrons. The Hall–Kier alpha value is -2.89. The summed E-state index contributed by atoms with van der Waals surface area (Å²) in [5.41, 5.74) is 3.86. The molecule has 1 aromatic carbocycles. The van der Waals surface area contributed by atoms with Gasteiger partial charge in [-0.15, -0.1) is 0 Å². The smallest absolute Gasteiger partial charge is 0.247 e. The lowest BCUT2D eigenvalue weighted by atomic mass is 9.92. The number of benzene rings is 1. The van der Waals surface area contributed by atoms with Crippen LogP contribution in [-0.4, -0.2) is 25.5 Å². The van der Waals surface area contributed by atoms with Gasteiger partial charge >= 0.3 is 0 Å². The summed E-state index contributed by atoms with van der Waals surface area (Å²) in [6, 6.07) is 11.9. The van der Waals surface area contributed by atoms with Gasteiger partial charge in [0.2, 0.25) is 5.91 Å². The molecule has 0 aliphatic carbocycles. The number of amides is 1. The summed E-state index contributed by atoms with van der Waals surface area (Å²) < 4.78 is 3.37. The monoisotopic (exact) mass is 351 g/mol. The number of hydrogen-bond acceptors (Lipinski definition) is 3. The minimum atomic E-state index is -0.129. The molecule has 136 valence electrons. The van der Waals surface area contributed by atoms with E-state index in [2.05, 4.69) is 36.3 Å². The molecule has 0 fully saturated rings. The maximum absolute atomic E-state index is 12.4. The van der Waals surface area contributed by atoms with E-state index in [0.717, 1.165) is 22.5 Å². The minimum absolute atomic E-state index is 0.0651. The second-order valence-corrected chi connectivity index (χ2v) is 7.56. The standard InChI is InChI=1S/C20H25N5O/c1-14-12-25(23-19(14)15-9-7-6-8-10-15)13-18(26)21-17-11-16(20(2,3)4)22-24(17)5/h6-12H,13H2,1-5H3,(H,21,26). The summed E-state index contributed by atoms with van der Waals surface area (Å²) in [6.45, 7) is 8.44. The van der Waals surface area contributed by atoms with Crippen LogP contribution >= 0.6 is 0 Å². The van der Waals surface area contributed by atoms with Crippen molar-refractivity contribution in [3.8, 4) is 11.3 Å². The topological polar surface area (TPSA) is 64.7 Å². The SMILES string of the molecule is Cc1cn(CC(=O)Nc2cc(C(C)(C)C)nn2C)nc1-c1ccccc1. The lowest BCUT2D eigenvalue weighted by Crippen LogP contribution is -2.20. The molecule has 3 aromatic rings. The molecule has 1 N–H and O–H groups in total. The number of nitrogens with one attached hydrogen (secondary N) is 1. The second-order valence-electron chi connectivity index (χ2n) is 7.56. The van der Waals surface area contributed by atoms with Crippen LogP contribution in [0.15, 0.2) is 42.6 Å². The van der Waals surface area contributed by atoms with Crippen LogP contribution in [0.1, 0.15) is 32.0 Å². The minimum Gasteiger partial charge on any atom is -0.309 e. The molecule has 26 heavy (non-hydrogen) atoms. The number of anilines is 1. The molecule has 0 saturated carbocycles. The molecular weight excluding hydrogens is 326 g/mol. The van der Waals surface area contributed by atoms with Gasteiger partial charge in [0.15, 0.2) is 0 Å². The van der Waals surface area contributed by atoms with Crippen LogP contribution in [0.2, 0.25) is 0 Å². The van der Waals surface area contributed by atoms with Gasteiger partial charge in [-0.1, -0.05) is 51.1 Å². The van der Waals surface area contributed by atoms with E-state index in [-0.39, 0.29) is 17.9 Å². The zero-order chi connectivity index (χ0) is 18.9. The van der Waals surface area contributed by atoms with E-state index in [1.165, 1.54) is 0 Å². The van der Waals surface area contributed by atoms with E-state index < -0.39 is 0 Å². The fourth-order valence-electron chi connectivity index (χ4n) is 2.76. The first-order valence-corrected chi connectivity index (χ1v) is 8.68. The molecule has 6 heteroatoms. The van der Waals surface area contributed by atoms with E-state index in [4.69, 9.17) is 0 Å². The highest BCUT2D eigenvalue weighted by Gasteiger charge is 2.20. The van der Waals surface area contributed by atoms with E-state index in [1.807, 2.05) is 56.6 Å². The van der Waals surface area contributed by atoms with Crippen LogP contribution in [0.3, 0.4) is 0 Å². The zero-order valence-electron chi connectivity index (χ0n) is 15.9. The molecule has 0 aliphatic rings. The van der Waals surface area contributed by atoms with Crippen molar-refractivity contribution < 1.29 is 4.79 Å². The highest BCUT2D eigenvalue weighted by Crippen LogP contribution is 2.24. The lowest BCUT2D eigenvalue weighted by molar-refractivity contribution is -0.116. The highest BCUT2D eigenvalue weighted by molar-refractivity contribution is 5.89. The molecular formula is C20H25N5O. The number of carbonyl (C=O) groups is 1. The van der Waals surface area contributed by atoms with Crippen molar-refractivity contribution in [3.05, 3.63) is 53.9 Å². The predicted octanol–water partition coefficient (Wildman–Crippen LogP) is 3.53. The van der Waals surface area contributed by atoms with Gasteiger partial charge in [0, 0.05) is 30.3 Å². The Kier molecular flexibility index (Phi) is 4.68. The van der Waals surface area contributed by atoms with Gasteiger partial charge in [0.25, 0.3) is 0 Å². The van der Waals surface area contributed by atoms with E-state index in [9.17, 15) is 4.79 Å².